The lowest BCUT2D eigenvalue weighted by atomic mass is 9.98. The first-order chi connectivity index (χ1) is 11.7. The second-order valence-electron chi connectivity index (χ2n) is 5.76. The number of hydrogen-bond donors (Lipinski definition) is 2. The Morgan fingerprint density at radius 2 is 1.72 bits per heavy atom. The molecule has 1 atom stereocenters. The maximum absolute atomic E-state index is 5.37. The quantitative estimate of drug-likeness (QED) is 0.376. The molecule has 0 saturated heterocycles. The van der Waals surface area contributed by atoms with E-state index in [9.17, 15) is 0 Å². The van der Waals surface area contributed by atoms with Crippen LogP contribution in [0.4, 0.5) is 0 Å². The fourth-order valence-corrected chi connectivity index (χ4v) is 2.60. The first kappa shape index (κ1) is 21.3. The van der Waals surface area contributed by atoms with E-state index in [1.807, 2.05) is 18.2 Å². The van der Waals surface area contributed by atoms with Crippen molar-refractivity contribution in [1.82, 2.24) is 10.6 Å². The summed E-state index contributed by atoms with van der Waals surface area (Å²) in [6.07, 6.45) is 1.05. The van der Waals surface area contributed by atoms with Gasteiger partial charge >= 0.3 is 0 Å². The van der Waals surface area contributed by atoms with Gasteiger partial charge in [-0.05, 0) is 24.0 Å². The molecule has 0 radical (unpaired) electrons. The monoisotopic (exact) mass is 453 g/mol. The number of guanidine groups is 1. The van der Waals surface area contributed by atoms with Crippen LogP contribution in [0.25, 0.3) is 0 Å². The highest BCUT2D eigenvalue weighted by Gasteiger charge is 2.06. The topological polar surface area (TPSA) is 45.7 Å². The first-order valence-corrected chi connectivity index (χ1v) is 8.36. The number of hydrogen-bond acceptors (Lipinski definition) is 2. The number of aliphatic imine (C=N–C) groups is 1. The van der Waals surface area contributed by atoms with Gasteiger partial charge in [0.05, 0.1) is 7.11 Å². The molecule has 2 N–H and O–H groups in total. The molecule has 0 aliphatic heterocycles. The molecule has 2 aromatic rings. The lowest BCUT2D eigenvalue weighted by Crippen LogP contribution is -2.37. The van der Waals surface area contributed by atoms with Gasteiger partial charge in [-0.3, -0.25) is 4.99 Å². The molecule has 5 heteroatoms. The van der Waals surface area contributed by atoms with Crippen molar-refractivity contribution < 1.29 is 4.74 Å². The Bertz CT molecular complexity index is 646. The predicted molar refractivity (Wildman–Crippen MR) is 116 cm³/mol. The highest BCUT2D eigenvalue weighted by Crippen LogP contribution is 2.18. The Balaban J connectivity index is 0.00000312. The summed E-state index contributed by atoms with van der Waals surface area (Å²) in [7, 11) is 3.48. The van der Waals surface area contributed by atoms with E-state index in [0.29, 0.717) is 12.5 Å². The number of methoxy groups -OCH3 is 1. The minimum Gasteiger partial charge on any atom is -0.496 e. The van der Waals surface area contributed by atoms with Crippen LogP contribution in [0, 0.1) is 0 Å². The van der Waals surface area contributed by atoms with Gasteiger partial charge < -0.3 is 15.4 Å². The predicted octanol–water partition coefficient (Wildman–Crippen LogP) is 4.17. The molecule has 2 aromatic carbocycles. The Morgan fingerprint density at radius 1 is 1.04 bits per heavy atom. The van der Waals surface area contributed by atoms with Crippen molar-refractivity contribution in [2.75, 3.05) is 20.7 Å². The van der Waals surface area contributed by atoms with Gasteiger partial charge in [0.25, 0.3) is 0 Å². The van der Waals surface area contributed by atoms with E-state index in [1.165, 1.54) is 5.56 Å². The second kappa shape index (κ2) is 11.7. The van der Waals surface area contributed by atoms with Crippen LogP contribution in [-0.2, 0) is 6.54 Å². The van der Waals surface area contributed by atoms with Gasteiger partial charge in [0.2, 0.25) is 0 Å². The normalized spacial score (nSPS) is 12.0. The number of nitrogens with zero attached hydrogens (tertiary/aromatic N) is 1. The highest BCUT2D eigenvalue weighted by molar-refractivity contribution is 14.0. The van der Waals surface area contributed by atoms with E-state index in [4.69, 9.17) is 4.74 Å². The Labute approximate surface area is 168 Å². The van der Waals surface area contributed by atoms with Crippen molar-refractivity contribution in [3.05, 3.63) is 65.7 Å². The smallest absolute Gasteiger partial charge is 0.191 e. The van der Waals surface area contributed by atoms with E-state index in [1.54, 1.807) is 14.2 Å². The van der Waals surface area contributed by atoms with Crippen LogP contribution in [0.3, 0.4) is 0 Å². The molecule has 0 fully saturated rings. The van der Waals surface area contributed by atoms with Crippen LogP contribution < -0.4 is 15.4 Å². The number of para-hydroxylation sites is 1. The molecule has 136 valence electrons. The molecule has 0 amide bonds. The fraction of sp³-hybridized carbons (Fsp3) is 0.350. The number of halogens is 1. The van der Waals surface area contributed by atoms with E-state index in [0.717, 1.165) is 30.2 Å². The maximum Gasteiger partial charge on any atom is 0.191 e. The van der Waals surface area contributed by atoms with Crippen molar-refractivity contribution >= 4 is 29.9 Å². The summed E-state index contributed by atoms with van der Waals surface area (Å²) in [5.74, 6) is 2.21. The van der Waals surface area contributed by atoms with Gasteiger partial charge in [0.1, 0.15) is 5.75 Å². The van der Waals surface area contributed by atoms with Crippen LogP contribution >= 0.6 is 24.0 Å². The summed E-state index contributed by atoms with van der Waals surface area (Å²) >= 11 is 0. The lowest BCUT2D eigenvalue weighted by molar-refractivity contribution is 0.409. The third kappa shape index (κ3) is 6.94. The summed E-state index contributed by atoms with van der Waals surface area (Å²) in [5, 5.41) is 6.71. The lowest BCUT2D eigenvalue weighted by Gasteiger charge is -2.16. The van der Waals surface area contributed by atoms with Crippen LogP contribution in [0.1, 0.15) is 30.4 Å². The summed E-state index contributed by atoms with van der Waals surface area (Å²) in [4.78, 5) is 4.28. The summed E-state index contributed by atoms with van der Waals surface area (Å²) < 4.78 is 5.37. The summed E-state index contributed by atoms with van der Waals surface area (Å²) in [6.45, 7) is 3.81. The van der Waals surface area contributed by atoms with Gasteiger partial charge in [-0.25, -0.2) is 0 Å². The van der Waals surface area contributed by atoms with Crippen LogP contribution in [0.15, 0.2) is 59.6 Å². The Hall–Kier alpha value is -1.76. The molecular formula is C20H28IN3O. The van der Waals surface area contributed by atoms with E-state index < -0.39 is 0 Å². The molecule has 0 aliphatic rings. The molecule has 1 unspecified atom stereocenters. The number of rotatable bonds is 7. The molecule has 25 heavy (non-hydrogen) atoms. The van der Waals surface area contributed by atoms with Crippen LogP contribution in [-0.4, -0.2) is 26.7 Å². The van der Waals surface area contributed by atoms with Gasteiger partial charge in [-0.15, -0.1) is 24.0 Å². The summed E-state index contributed by atoms with van der Waals surface area (Å²) in [5.41, 5.74) is 2.48. The van der Waals surface area contributed by atoms with Gasteiger partial charge in [-0.1, -0.05) is 55.5 Å². The zero-order valence-electron chi connectivity index (χ0n) is 15.2. The average Bonchev–Trinajstić information content (AvgIpc) is 2.65. The Kier molecular flexibility index (Phi) is 9.99. The van der Waals surface area contributed by atoms with Crippen molar-refractivity contribution in [3.63, 3.8) is 0 Å². The fourth-order valence-electron chi connectivity index (χ4n) is 2.60. The largest absolute Gasteiger partial charge is 0.496 e. The molecular weight excluding hydrogens is 425 g/mol. The van der Waals surface area contributed by atoms with Crippen molar-refractivity contribution in [2.24, 2.45) is 4.99 Å². The van der Waals surface area contributed by atoms with Crippen molar-refractivity contribution in [2.45, 2.75) is 25.8 Å². The Morgan fingerprint density at radius 3 is 2.40 bits per heavy atom. The van der Waals surface area contributed by atoms with Crippen LogP contribution in [0.5, 0.6) is 5.75 Å². The SMILES string of the molecule is CN=C(NCCC(C)c1ccccc1)NCc1ccccc1OC.I. The van der Waals surface area contributed by atoms with Gasteiger partial charge in [-0.2, -0.15) is 0 Å². The van der Waals surface area contributed by atoms with Crippen molar-refractivity contribution in [3.8, 4) is 5.75 Å². The van der Waals surface area contributed by atoms with E-state index in [-0.39, 0.29) is 24.0 Å². The van der Waals surface area contributed by atoms with E-state index in [2.05, 4.69) is 58.9 Å². The van der Waals surface area contributed by atoms with Crippen molar-refractivity contribution in [1.29, 1.82) is 0 Å². The average molecular weight is 453 g/mol. The first-order valence-electron chi connectivity index (χ1n) is 8.36. The molecule has 0 aromatic heterocycles. The third-order valence-electron chi connectivity index (χ3n) is 4.10. The molecule has 0 heterocycles. The standard InChI is InChI=1S/C20H27N3O.HI/c1-16(17-9-5-4-6-10-17)13-14-22-20(21-2)23-15-18-11-7-8-12-19(18)24-3;/h4-12,16H,13-15H2,1-3H3,(H2,21,22,23);1H. The maximum atomic E-state index is 5.37. The molecule has 2 rings (SSSR count). The highest BCUT2D eigenvalue weighted by atomic mass is 127. The number of ether oxygens (including phenoxy) is 1. The minimum atomic E-state index is 0. The molecule has 4 nitrogen and oxygen atoms in total. The zero-order chi connectivity index (χ0) is 17.2. The van der Waals surface area contributed by atoms with Crippen LogP contribution in [0.2, 0.25) is 0 Å². The van der Waals surface area contributed by atoms with Gasteiger partial charge in [0, 0.05) is 25.7 Å². The molecule has 0 spiro atoms. The van der Waals surface area contributed by atoms with Gasteiger partial charge in [0.15, 0.2) is 5.96 Å². The number of benzene rings is 2. The minimum absolute atomic E-state index is 0. The number of nitrogens with one attached hydrogen (secondary N) is 2. The molecule has 0 bridgehead atoms. The second-order valence-corrected chi connectivity index (χ2v) is 5.76. The third-order valence-corrected chi connectivity index (χ3v) is 4.10. The summed E-state index contributed by atoms with van der Waals surface area (Å²) in [6, 6.07) is 18.6. The van der Waals surface area contributed by atoms with E-state index >= 15 is 0 Å². The molecule has 0 aliphatic carbocycles. The zero-order valence-corrected chi connectivity index (χ0v) is 17.5. The molecule has 0 saturated carbocycles.